The highest BCUT2D eigenvalue weighted by Crippen LogP contribution is 2.34. The van der Waals surface area contributed by atoms with Crippen LogP contribution in [0.4, 0.5) is 11.4 Å². The van der Waals surface area contributed by atoms with E-state index >= 15 is 0 Å². The summed E-state index contributed by atoms with van der Waals surface area (Å²) in [4.78, 5) is 22.3. The summed E-state index contributed by atoms with van der Waals surface area (Å²) in [6, 6.07) is 30.4. The Morgan fingerprint density at radius 1 is 0.479 bits per heavy atom. The summed E-state index contributed by atoms with van der Waals surface area (Å²) in [5.41, 5.74) is 14.4. The molecule has 8 bridgehead atoms. The molecule has 8 heteroatoms. The van der Waals surface area contributed by atoms with Crippen LogP contribution in [0.1, 0.15) is 22.8 Å². The van der Waals surface area contributed by atoms with Gasteiger partial charge in [0, 0.05) is 70.7 Å². The highest BCUT2D eigenvalue weighted by atomic mass is 16.5. The van der Waals surface area contributed by atoms with Crippen LogP contribution in [0.15, 0.2) is 84.9 Å². The van der Waals surface area contributed by atoms with Gasteiger partial charge in [-0.1, -0.05) is 24.3 Å². The monoisotopic (exact) mass is 632 g/mol. The minimum absolute atomic E-state index is 0.765. The largest absolute Gasteiger partial charge is 0.378 e. The number of ether oxygens (including phenoxy) is 2. The summed E-state index contributed by atoms with van der Waals surface area (Å²) >= 11 is 0. The summed E-state index contributed by atoms with van der Waals surface area (Å²) in [7, 11) is 0. The number of nitrogens with zero attached hydrogens (tertiary/aromatic N) is 4. The second-order valence-corrected chi connectivity index (χ2v) is 12.5. The first-order valence-corrected chi connectivity index (χ1v) is 16.7. The van der Waals surface area contributed by atoms with Gasteiger partial charge in [-0.25, -0.2) is 9.97 Å². The molecule has 0 aliphatic carbocycles. The Bertz CT molecular complexity index is 2040. The van der Waals surface area contributed by atoms with Gasteiger partial charge in [-0.3, -0.25) is 0 Å². The highest BCUT2D eigenvalue weighted by molar-refractivity contribution is 5.93. The number of H-pyrrole nitrogens is 2. The van der Waals surface area contributed by atoms with Crippen LogP contribution < -0.4 is 9.80 Å². The van der Waals surface area contributed by atoms with Crippen LogP contribution in [-0.2, 0) is 9.47 Å². The molecular formula is C40H36N6O2. The molecule has 0 spiro atoms. The molecule has 0 saturated carbocycles. The molecule has 0 unspecified atom stereocenters. The number of hydrogen-bond acceptors (Lipinski definition) is 6. The lowest BCUT2D eigenvalue weighted by atomic mass is 10.0. The van der Waals surface area contributed by atoms with Gasteiger partial charge < -0.3 is 29.2 Å². The van der Waals surface area contributed by atoms with Crippen molar-refractivity contribution in [3.8, 4) is 22.3 Å². The van der Waals surface area contributed by atoms with Crippen molar-refractivity contribution in [1.29, 1.82) is 0 Å². The molecule has 0 atom stereocenters. The van der Waals surface area contributed by atoms with Crippen LogP contribution in [0, 0.1) is 0 Å². The number of nitrogens with one attached hydrogen (secondary N) is 2. The number of fused-ring (bicyclic) bond motifs is 8. The van der Waals surface area contributed by atoms with Gasteiger partial charge in [0.25, 0.3) is 0 Å². The zero-order chi connectivity index (χ0) is 31.9. The fourth-order valence-electron chi connectivity index (χ4n) is 7.00. The van der Waals surface area contributed by atoms with Gasteiger partial charge >= 0.3 is 0 Å². The lowest BCUT2D eigenvalue weighted by Gasteiger charge is -2.28. The zero-order valence-electron chi connectivity index (χ0n) is 26.7. The molecule has 2 fully saturated rings. The van der Waals surface area contributed by atoms with Crippen LogP contribution in [0.5, 0.6) is 0 Å². The van der Waals surface area contributed by atoms with E-state index in [4.69, 9.17) is 19.4 Å². The smallest absolute Gasteiger partial charge is 0.0736 e. The molecule has 3 aromatic heterocycles. The summed E-state index contributed by atoms with van der Waals surface area (Å²) in [6.07, 6.45) is 8.40. The third-order valence-electron chi connectivity index (χ3n) is 9.46. The maximum absolute atomic E-state index is 5.56. The number of benzene rings is 2. The van der Waals surface area contributed by atoms with Crippen molar-refractivity contribution in [2.24, 2.45) is 0 Å². The molecule has 48 heavy (non-hydrogen) atoms. The van der Waals surface area contributed by atoms with Crippen molar-refractivity contribution in [1.82, 2.24) is 19.9 Å². The standard InChI is InChI=1S/C40H36N6O2/c1-9-33(45-17-21-47-22-18-45)10-2-27(1)39-35-13-5-29(41-35)25-31-7-15-37(43-31)40(28-3-11-34(12-4-28)46-19-23-48-24-20-46)38-16-8-32(44-38)26-30-6-14-36(39)42-30/h1-16,25-26,41,44H,17-24H2. The number of aromatic nitrogens is 4. The van der Waals surface area contributed by atoms with E-state index in [-0.39, 0.29) is 0 Å². The number of anilines is 2. The Hall–Kier alpha value is -5.44. The van der Waals surface area contributed by atoms with E-state index in [1.165, 1.54) is 11.4 Å². The summed E-state index contributed by atoms with van der Waals surface area (Å²) in [6.45, 7) is 6.70. The van der Waals surface area contributed by atoms with Crippen molar-refractivity contribution in [3.63, 3.8) is 0 Å². The van der Waals surface area contributed by atoms with Gasteiger partial charge in [0.2, 0.25) is 0 Å². The normalized spacial score (nSPS) is 16.1. The third-order valence-corrected chi connectivity index (χ3v) is 9.46. The van der Waals surface area contributed by atoms with E-state index < -0.39 is 0 Å². The first kappa shape index (κ1) is 28.8. The van der Waals surface area contributed by atoms with Gasteiger partial charge in [0.15, 0.2) is 0 Å². The average molecular weight is 633 g/mol. The molecule has 2 aromatic carbocycles. The Morgan fingerprint density at radius 2 is 0.896 bits per heavy atom. The molecule has 238 valence electrons. The summed E-state index contributed by atoms with van der Waals surface area (Å²) in [5.74, 6) is 0. The van der Waals surface area contributed by atoms with Gasteiger partial charge in [0.05, 0.1) is 49.2 Å². The summed E-state index contributed by atoms with van der Waals surface area (Å²) < 4.78 is 11.1. The van der Waals surface area contributed by atoms with Gasteiger partial charge in [-0.05, 0) is 96.1 Å². The topological polar surface area (TPSA) is 82.3 Å². The molecule has 0 radical (unpaired) electrons. The minimum Gasteiger partial charge on any atom is -0.378 e. The lowest BCUT2D eigenvalue weighted by molar-refractivity contribution is 0.122. The van der Waals surface area contributed by atoms with Crippen LogP contribution in [0.2, 0.25) is 0 Å². The van der Waals surface area contributed by atoms with Gasteiger partial charge in [-0.15, -0.1) is 0 Å². The number of rotatable bonds is 4. The predicted octanol–water partition coefficient (Wildman–Crippen LogP) is 7.66. The number of morpholine rings is 2. The first-order chi connectivity index (χ1) is 23.7. The Kier molecular flexibility index (Phi) is 7.37. The predicted molar refractivity (Wildman–Crippen MR) is 196 cm³/mol. The third kappa shape index (κ3) is 5.59. The number of aromatic amines is 2. The van der Waals surface area contributed by atoms with E-state index in [1.54, 1.807) is 0 Å². The molecule has 0 amide bonds. The van der Waals surface area contributed by atoms with Crippen molar-refractivity contribution in [3.05, 3.63) is 108 Å². The zero-order valence-corrected chi connectivity index (χ0v) is 26.7. The molecule has 2 N–H and O–H groups in total. The SMILES string of the molecule is C1=Cc2nc1cc1ccc([nH]1)c(-c1ccc(N3CCOCC3)cc1)c1nc(cc3ccc([nH]3)c2-c2ccc(N3CCOCC3)cc2)C=C1. The fourth-order valence-corrected chi connectivity index (χ4v) is 7.00. The quantitative estimate of drug-likeness (QED) is 0.207. The maximum Gasteiger partial charge on any atom is 0.0736 e. The molecule has 8 nitrogen and oxygen atoms in total. The molecule has 9 rings (SSSR count). The van der Waals surface area contributed by atoms with Crippen LogP contribution in [0.25, 0.3) is 68.6 Å². The second-order valence-electron chi connectivity index (χ2n) is 12.5. The molecule has 7 heterocycles. The minimum atomic E-state index is 0.765. The molecule has 4 aliphatic heterocycles. The Morgan fingerprint density at radius 3 is 1.31 bits per heavy atom. The molecule has 2 saturated heterocycles. The first-order valence-electron chi connectivity index (χ1n) is 16.7. The van der Waals surface area contributed by atoms with E-state index in [0.29, 0.717) is 0 Å². The fraction of sp³-hybridized carbons (Fsp3) is 0.200. The Balaban J connectivity index is 1.18. The maximum atomic E-state index is 5.56. The van der Waals surface area contributed by atoms with Crippen LogP contribution in [-0.4, -0.2) is 72.5 Å². The van der Waals surface area contributed by atoms with E-state index in [2.05, 4.69) is 129 Å². The number of hydrogen-bond donors (Lipinski definition) is 2. The highest BCUT2D eigenvalue weighted by Gasteiger charge is 2.16. The van der Waals surface area contributed by atoms with Crippen molar-refractivity contribution < 1.29 is 9.47 Å². The van der Waals surface area contributed by atoms with Crippen molar-refractivity contribution in [2.75, 3.05) is 62.4 Å². The van der Waals surface area contributed by atoms with Gasteiger partial charge in [0.1, 0.15) is 0 Å². The van der Waals surface area contributed by atoms with Crippen molar-refractivity contribution in [2.45, 2.75) is 0 Å². The average Bonchev–Trinajstić information content (AvgIpc) is 3.97. The molecular weight excluding hydrogens is 596 g/mol. The second kappa shape index (κ2) is 12.3. The molecule has 5 aromatic rings. The van der Waals surface area contributed by atoms with Crippen LogP contribution in [0.3, 0.4) is 0 Å². The Labute approximate surface area is 279 Å². The van der Waals surface area contributed by atoms with Crippen LogP contribution >= 0.6 is 0 Å². The van der Waals surface area contributed by atoms with E-state index in [9.17, 15) is 0 Å². The van der Waals surface area contributed by atoms with E-state index in [1.807, 2.05) is 0 Å². The van der Waals surface area contributed by atoms with E-state index in [0.717, 1.165) is 120 Å². The van der Waals surface area contributed by atoms with Crippen molar-refractivity contribution >= 4 is 57.7 Å². The lowest BCUT2D eigenvalue weighted by Crippen LogP contribution is -2.36. The summed E-state index contributed by atoms with van der Waals surface area (Å²) in [5, 5.41) is 0. The molecule has 4 aliphatic rings. The van der Waals surface area contributed by atoms with Gasteiger partial charge in [-0.2, -0.15) is 0 Å².